The van der Waals surface area contributed by atoms with Gasteiger partial charge in [-0.2, -0.15) is 0 Å². The van der Waals surface area contributed by atoms with Crippen LogP contribution in [0.5, 0.6) is 11.5 Å². The highest BCUT2D eigenvalue weighted by atomic mass is 19.1. The van der Waals surface area contributed by atoms with Gasteiger partial charge < -0.3 is 19.7 Å². The highest BCUT2D eigenvalue weighted by molar-refractivity contribution is 5.97. The zero-order valence-corrected chi connectivity index (χ0v) is 13.6. The first-order valence-electron chi connectivity index (χ1n) is 7.70. The van der Waals surface area contributed by atoms with Crippen LogP contribution in [0, 0.1) is 5.82 Å². The van der Waals surface area contributed by atoms with Crippen LogP contribution >= 0.6 is 0 Å². The minimum atomic E-state index is -0.397. The summed E-state index contributed by atoms with van der Waals surface area (Å²) in [5, 5.41) is 2.55. The molecule has 1 aliphatic heterocycles. The molecule has 25 heavy (non-hydrogen) atoms. The highest BCUT2D eigenvalue weighted by Gasteiger charge is 2.17. The standard InChI is InChI=1S/C18H17FN2O4/c1-21(10-13-4-2-3-5-14(13)19)17(22)9-20-18(23)12-6-7-15-16(8-12)25-11-24-15/h2-8H,9-11H2,1H3,(H,20,23). The monoisotopic (exact) mass is 344 g/mol. The van der Waals surface area contributed by atoms with Gasteiger partial charge >= 0.3 is 0 Å². The number of nitrogens with one attached hydrogen (secondary N) is 1. The van der Waals surface area contributed by atoms with Gasteiger partial charge in [-0.1, -0.05) is 18.2 Å². The largest absolute Gasteiger partial charge is 0.454 e. The van der Waals surface area contributed by atoms with Gasteiger partial charge in [0.15, 0.2) is 11.5 Å². The molecule has 0 fully saturated rings. The topological polar surface area (TPSA) is 67.9 Å². The third kappa shape index (κ3) is 3.88. The lowest BCUT2D eigenvalue weighted by Gasteiger charge is -2.18. The molecule has 1 N–H and O–H groups in total. The van der Waals surface area contributed by atoms with Crippen LogP contribution in [-0.4, -0.2) is 37.1 Å². The molecule has 0 aliphatic carbocycles. The average molecular weight is 344 g/mol. The van der Waals surface area contributed by atoms with Crippen LogP contribution in [0.25, 0.3) is 0 Å². The van der Waals surface area contributed by atoms with E-state index in [1.54, 1.807) is 43.4 Å². The molecule has 6 nitrogen and oxygen atoms in total. The lowest BCUT2D eigenvalue weighted by Crippen LogP contribution is -2.37. The Bertz CT molecular complexity index is 809. The molecule has 0 saturated heterocycles. The van der Waals surface area contributed by atoms with Crippen LogP contribution < -0.4 is 14.8 Å². The first-order valence-corrected chi connectivity index (χ1v) is 7.70. The fourth-order valence-corrected chi connectivity index (χ4v) is 2.40. The van der Waals surface area contributed by atoms with Crippen molar-refractivity contribution in [1.29, 1.82) is 0 Å². The smallest absolute Gasteiger partial charge is 0.251 e. The van der Waals surface area contributed by atoms with E-state index in [-0.39, 0.29) is 31.6 Å². The molecule has 0 radical (unpaired) electrons. The number of amides is 2. The zero-order chi connectivity index (χ0) is 17.8. The number of carbonyl (C=O) groups excluding carboxylic acids is 2. The summed E-state index contributed by atoms with van der Waals surface area (Å²) in [6.45, 7) is 0.0728. The number of hydrogen-bond acceptors (Lipinski definition) is 4. The average Bonchev–Trinajstić information content (AvgIpc) is 3.08. The third-order valence-corrected chi connectivity index (χ3v) is 3.83. The summed E-state index contributed by atoms with van der Waals surface area (Å²) >= 11 is 0. The van der Waals surface area contributed by atoms with E-state index in [1.807, 2.05) is 0 Å². The Morgan fingerprint density at radius 2 is 1.92 bits per heavy atom. The maximum absolute atomic E-state index is 13.6. The summed E-state index contributed by atoms with van der Waals surface area (Å²) in [5.41, 5.74) is 0.786. The summed E-state index contributed by atoms with van der Waals surface area (Å²) in [7, 11) is 1.56. The number of ether oxygens (including phenoxy) is 2. The number of halogens is 1. The van der Waals surface area contributed by atoms with Gasteiger partial charge in [0.25, 0.3) is 5.91 Å². The third-order valence-electron chi connectivity index (χ3n) is 3.83. The Balaban J connectivity index is 1.54. The van der Waals surface area contributed by atoms with Crippen molar-refractivity contribution in [3.05, 3.63) is 59.4 Å². The van der Waals surface area contributed by atoms with Crippen molar-refractivity contribution in [2.75, 3.05) is 20.4 Å². The van der Waals surface area contributed by atoms with Gasteiger partial charge in [0.2, 0.25) is 12.7 Å². The first kappa shape index (κ1) is 16.8. The molecule has 1 aliphatic rings. The van der Waals surface area contributed by atoms with E-state index in [0.717, 1.165) is 0 Å². The summed E-state index contributed by atoms with van der Waals surface area (Å²) in [5.74, 6) is -0.0114. The Morgan fingerprint density at radius 1 is 1.16 bits per heavy atom. The van der Waals surface area contributed by atoms with Crippen molar-refractivity contribution in [3.63, 3.8) is 0 Å². The van der Waals surface area contributed by atoms with Crippen molar-refractivity contribution in [1.82, 2.24) is 10.2 Å². The van der Waals surface area contributed by atoms with Crippen molar-refractivity contribution in [2.24, 2.45) is 0 Å². The molecule has 2 aromatic rings. The molecule has 7 heteroatoms. The van der Waals surface area contributed by atoms with E-state index >= 15 is 0 Å². The minimum absolute atomic E-state index is 0.125. The van der Waals surface area contributed by atoms with Gasteiger partial charge in [-0.3, -0.25) is 9.59 Å². The molecule has 1 heterocycles. The van der Waals surface area contributed by atoms with Crippen molar-refractivity contribution >= 4 is 11.8 Å². The molecule has 2 aromatic carbocycles. The SMILES string of the molecule is CN(Cc1ccccc1F)C(=O)CNC(=O)c1ccc2c(c1)OCO2. The van der Waals surface area contributed by atoms with E-state index in [1.165, 1.54) is 11.0 Å². The van der Waals surface area contributed by atoms with Gasteiger partial charge in [-0.25, -0.2) is 4.39 Å². The van der Waals surface area contributed by atoms with E-state index in [2.05, 4.69) is 5.32 Å². The maximum atomic E-state index is 13.6. The number of benzene rings is 2. The minimum Gasteiger partial charge on any atom is -0.454 e. The Labute approximate surface area is 144 Å². The van der Waals surface area contributed by atoms with Gasteiger partial charge in [-0.05, 0) is 24.3 Å². The predicted molar refractivity (Wildman–Crippen MR) is 87.8 cm³/mol. The van der Waals surface area contributed by atoms with Crippen LogP contribution in [-0.2, 0) is 11.3 Å². The normalized spacial score (nSPS) is 11.9. The van der Waals surface area contributed by atoms with Crippen molar-refractivity contribution in [3.8, 4) is 11.5 Å². The molecule has 0 saturated carbocycles. The quantitative estimate of drug-likeness (QED) is 0.900. The molecular weight excluding hydrogens is 327 g/mol. The van der Waals surface area contributed by atoms with Gasteiger partial charge in [0.1, 0.15) is 5.82 Å². The predicted octanol–water partition coefficient (Wildman–Crippen LogP) is 1.94. The van der Waals surface area contributed by atoms with Crippen LogP contribution in [0.15, 0.2) is 42.5 Å². The van der Waals surface area contributed by atoms with Gasteiger partial charge in [0, 0.05) is 24.7 Å². The summed E-state index contributed by atoms with van der Waals surface area (Å²) in [6, 6.07) is 11.1. The number of fused-ring (bicyclic) bond motifs is 1. The van der Waals surface area contributed by atoms with E-state index in [4.69, 9.17) is 9.47 Å². The Kier molecular flexibility index (Phi) is 4.83. The second kappa shape index (κ2) is 7.21. The second-order valence-corrected chi connectivity index (χ2v) is 5.59. The molecule has 2 amide bonds. The molecule has 0 unspecified atom stereocenters. The Hall–Kier alpha value is -3.09. The number of carbonyl (C=O) groups is 2. The zero-order valence-electron chi connectivity index (χ0n) is 13.6. The summed E-state index contributed by atoms with van der Waals surface area (Å²) < 4.78 is 24.0. The van der Waals surface area contributed by atoms with Crippen molar-refractivity contribution in [2.45, 2.75) is 6.54 Å². The lowest BCUT2D eigenvalue weighted by molar-refractivity contribution is -0.129. The fraction of sp³-hybridized carbons (Fsp3) is 0.222. The van der Waals surface area contributed by atoms with Crippen LogP contribution in [0.2, 0.25) is 0 Å². The number of likely N-dealkylation sites (N-methyl/N-ethyl adjacent to an activating group) is 1. The van der Waals surface area contributed by atoms with E-state index < -0.39 is 5.91 Å². The molecular formula is C18H17FN2O4. The highest BCUT2D eigenvalue weighted by Crippen LogP contribution is 2.32. The van der Waals surface area contributed by atoms with Gasteiger partial charge in [0.05, 0.1) is 6.54 Å². The molecule has 0 bridgehead atoms. The van der Waals surface area contributed by atoms with Gasteiger partial charge in [-0.15, -0.1) is 0 Å². The second-order valence-electron chi connectivity index (χ2n) is 5.59. The number of nitrogens with zero attached hydrogens (tertiary/aromatic N) is 1. The molecule has 0 aromatic heterocycles. The lowest BCUT2D eigenvalue weighted by atomic mass is 10.2. The van der Waals surface area contributed by atoms with Crippen LogP contribution in [0.1, 0.15) is 15.9 Å². The van der Waals surface area contributed by atoms with Crippen LogP contribution in [0.3, 0.4) is 0 Å². The molecule has 130 valence electrons. The first-order chi connectivity index (χ1) is 12.0. The van der Waals surface area contributed by atoms with Crippen LogP contribution in [0.4, 0.5) is 4.39 Å². The van der Waals surface area contributed by atoms with E-state index in [0.29, 0.717) is 22.6 Å². The molecule has 0 spiro atoms. The summed E-state index contributed by atoms with van der Waals surface area (Å²) in [4.78, 5) is 25.6. The maximum Gasteiger partial charge on any atom is 0.251 e. The van der Waals surface area contributed by atoms with E-state index in [9.17, 15) is 14.0 Å². The number of hydrogen-bond donors (Lipinski definition) is 1. The summed E-state index contributed by atoms with van der Waals surface area (Å²) in [6.07, 6.45) is 0. The number of rotatable bonds is 5. The fourth-order valence-electron chi connectivity index (χ4n) is 2.40. The molecule has 0 atom stereocenters. The Morgan fingerprint density at radius 3 is 2.72 bits per heavy atom. The van der Waals surface area contributed by atoms with Crippen molar-refractivity contribution < 1.29 is 23.5 Å². The molecule has 3 rings (SSSR count).